The molecule has 1 amide bonds. The highest BCUT2D eigenvalue weighted by Gasteiger charge is 2.14. The molecule has 1 aromatic heterocycles. The monoisotopic (exact) mass is 182 g/mol. The van der Waals surface area contributed by atoms with Gasteiger partial charge in [0.1, 0.15) is 5.76 Å². The molecule has 0 aliphatic carbocycles. The van der Waals surface area contributed by atoms with Crippen LogP contribution in [0.25, 0.3) is 0 Å². The van der Waals surface area contributed by atoms with Crippen LogP contribution in [-0.4, -0.2) is 24.9 Å². The minimum Gasteiger partial charge on any atom is -0.468 e. The molecular weight excluding hydrogens is 168 g/mol. The van der Waals surface area contributed by atoms with Crippen molar-refractivity contribution in [1.82, 2.24) is 4.90 Å². The maximum absolute atomic E-state index is 11.3. The first-order valence-corrected chi connectivity index (χ1v) is 4.10. The van der Waals surface area contributed by atoms with Gasteiger partial charge in [-0.05, 0) is 12.1 Å². The Bertz CT molecular complexity index is 267. The normalized spacial score (nSPS) is 12.5. The molecule has 13 heavy (non-hydrogen) atoms. The van der Waals surface area contributed by atoms with E-state index in [1.54, 1.807) is 32.5 Å². The lowest BCUT2D eigenvalue weighted by Crippen LogP contribution is -2.26. The number of nitrogens with two attached hydrogens (primary N) is 1. The molecule has 4 nitrogen and oxygen atoms in total. The first-order valence-electron chi connectivity index (χ1n) is 4.10. The first-order chi connectivity index (χ1) is 6.11. The number of carbonyl (C=O) groups excluding carboxylic acids is 1. The van der Waals surface area contributed by atoms with E-state index in [4.69, 9.17) is 10.2 Å². The maximum atomic E-state index is 11.3. The van der Waals surface area contributed by atoms with Crippen molar-refractivity contribution in [2.45, 2.75) is 12.5 Å². The van der Waals surface area contributed by atoms with Crippen LogP contribution in [0.15, 0.2) is 22.8 Å². The summed E-state index contributed by atoms with van der Waals surface area (Å²) in [6.07, 6.45) is 1.83. The van der Waals surface area contributed by atoms with Crippen molar-refractivity contribution >= 4 is 5.91 Å². The van der Waals surface area contributed by atoms with Gasteiger partial charge >= 0.3 is 0 Å². The number of hydrogen-bond acceptors (Lipinski definition) is 3. The summed E-state index contributed by atoms with van der Waals surface area (Å²) in [6, 6.07) is 3.19. The van der Waals surface area contributed by atoms with E-state index in [0.29, 0.717) is 5.76 Å². The Morgan fingerprint density at radius 1 is 1.69 bits per heavy atom. The van der Waals surface area contributed by atoms with Gasteiger partial charge in [-0.1, -0.05) is 0 Å². The highest BCUT2D eigenvalue weighted by Crippen LogP contribution is 2.14. The van der Waals surface area contributed by atoms with E-state index in [-0.39, 0.29) is 18.4 Å². The molecule has 0 saturated carbocycles. The lowest BCUT2D eigenvalue weighted by molar-refractivity contribution is -0.129. The maximum Gasteiger partial charge on any atom is 0.224 e. The summed E-state index contributed by atoms with van der Waals surface area (Å²) in [4.78, 5) is 12.8. The van der Waals surface area contributed by atoms with Crippen molar-refractivity contribution in [1.29, 1.82) is 0 Å². The third-order valence-electron chi connectivity index (χ3n) is 1.80. The summed E-state index contributed by atoms with van der Waals surface area (Å²) in [5.41, 5.74) is 5.74. The van der Waals surface area contributed by atoms with Gasteiger partial charge in [0.2, 0.25) is 5.91 Å². The Morgan fingerprint density at radius 3 is 2.85 bits per heavy atom. The molecule has 0 aliphatic heterocycles. The topological polar surface area (TPSA) is 59.5 Å². The molecule has 1 heterocycles. The number of carbonyl (C=O) groups is 1. The Balaban J connectivity index is 2.51. The van der Waals surface area contributed by atoms with E-state index in [0.717, 1.165) is 0 Å². The van der Waals surface area contributed by atoms with Crippen LogP contribution < -0.4 is 5.73 Å². The summed E-state index contributed by atoms with van der Waals surface area (Å²) in [5.74, 6) is 0.652. The molecule has 72 valence electrons. The highest BCUT2D eigenvalue weighted by molar-refractivity contribution is 5.76. The predicted molar refractivity (Wildman–Crippen MR) is 48.9 cm³/mol. The average Bonchev–Trinajstić information content (AvgIpc) is 2.55. The molecule has 0 radical (unpaired) electrons. The van der Waals surface area contributed by atoms with Crippen molar-refractivity contribution in [3.8, 4) is 0 Å². The molecule has 0 bridgehead atoms. The van der Waals surface area contributed by atoms with Crippen LogP contribution in [-0.2, 0) is 4.79 Å². The lowest BCUT2D eigenvalue weighted by Gasteiger charge is -2.13. The summed E-state index contributed by atoms with van der Waals surface area (Å²) < 4.78 is 5.08. The average molecular weight is 182 g/mol. The first kappa shape index (κ1) is 9.80. The van der Waals surface area contributed by atoms with E-state index in [9.17, 15) is 4.79 Å². The largest absolute Gasteiger partial charge is 0.468 e. The van der Waals surface area contributed by atoms with Crippen molar-refractivity contribution < 1.29 is 9.21 Å². The van der Waals surface area contributed by atoms with Gasteiger partial charge in [-0.25, -0.2) is 0 Å². The van der Waals surface area contributed by atoms with Gasteiger partial charge in [0.25, 0.3) is 0 Å². The van der Waals surface area contributed by atoms with Crippen molar-refractivity contribution in [2.75, 3.05) is 14.1 Å². The minimum absolute atomic E-state index is 0.00361. The molecule has 1 rings (SSSR count). The number of nitrogens with zero attached hydrogens (tertiary/aromatic N) is 1. The minimum atomic E-state index is -0.343. The van der Waals surface area contributed by atoms with E-state index in [2.05, 4.69) is 0 Å². The molecule has 0 aliphatic rings. The zero-order chi connectivity index (χ0) is 9.84. The van der Waals surface area contributed by atoms with E-state index in [1.807, 2.05) is 0 Å². The molecule has 0 saturated heterocycles. The molecule has 1 aromatic rings. The fourth-order valence-corrected chi connectivity index (χ4v) is 0.974. The van der Waals surface area contributed by atoms with Crippen LogP contribution in [0.4, 0.5) is 0 Å². The smallest absolute Gasteiger partial charge is 0.224 e. The second kappa shape index (κ2) is 4.09. The Hall–Kier alpha value is -1.29. The van der Waals surface area contributed by atoms with Crippen LogP contribution in [0.1, 0.15) is 18.2 Å². The molecule has 4 heteroatoms. The fraction of sp³-hybridized carbons (Fsp3) is 0.444. The van der Waals surface area contributed by atoms with Gasteiger partial charge in [0.05, 0.1) is 12.3 Å². The molecule has 0 aromatic carbocycles. The molecule has 0 fully saturated rings. The molecule has 1 unspecified atom stereocenters. The number of hydrogen-bond donors (Lipinski definition) is 1. The van der Waals surface area contributed by atoms with Crippen molar-refractivity contribution in [3.63, 3.8) is 0 Å². The summed E-state index contributed by atoms with van der Waals surface area (Å²) in [5, 5.41) is 0. The van der Waals surface area contributed by atoms with Crippen LogP contribution in [0.5, 0.6) is 0 Å². The van der Waals surface area contributed by atoms with Crippen LogP contribution in [0, 0.1) is 0 Å². The number of furan rings is 1. The molecular formula is C9H14N2O2. The second-order valence-electron chi connectivity index (χ2n) is 3.11. The lowest BCUT2D eigenvalue weighted by atomic mass is 10.1. The summed E-state index contributed by atoms with van der Waals surface area (Å²) >= 11 is 0. The fourth-order valence-electron chi connectivity index (χ4n) is 0.974. The third-order valence-corrected chi connectivity index (χ3v) is 1.80. The van der Waals surface area contributed by atoms with E-state index < -0.39 is 0 Å². The number of amides is 1. The second-order valence-corrected chi connectivity index (χ2v) is 3.11. The molecule has 2 N–H and O–H groups in total. The molecule has 0 spiro atoms. The molecule has 1 atom stereocenters. The Kier molecular flexibility index (Phi) is 3.08. The Labute approximate surface area is 77.3 Å². The standard InChI is InChI=1S/C9H14N2O2/c1-11(2)9(12)6-7(10)8-4-3-5-13-8/h3-5,7H,6,10H2,1-2H3. The van der Waals surface area contributed by atoms with Crippen molar-refractivity contribution in [3.05, 3.63) is 24.2 Å². The van der Waals surface area contributed by atoms with Gasteiger partial charge in [-0.3, -0.25) is 4.79 Å². The SMILES string of the molecule is CN(C)C(=O)CC(N)c1ccco1. The number of rotatable bonds is 3. The van der Waals surface area contributed by atoms with Crippen LogP contribution >= 0.6 is 0 Å². The predicted octanol–water partition coefficient (Wildman–Crippen LogP) is 0.758. The zero-order valence-corrected chi connectivity index (χ0v) is 7.86. The Morgan fingerprint density at radius 2 is 2.38 bits per heavy atom. The van der Waals surface area contributed by atoms with Gasteiger partial charge in [0, 0.05) is 20.5 Å². The van der Waals surface area contributed by atoms with Crippen molar-refractivity contribution in [2.24, 2.45) is 5.73 Å². The van der Waals surface area contributed by atoms with E-state index >= 15 is 0 Å². The summed E-state index contributed by atoms with van der Waals surface area (Å²) in [7, 11) is 3.41. The zero-order valence-electron chi connectivity index (χ0n) is 7.86. The van der Waals surface area contributed by atoms with Gasteiger partial charge in [0.15, 0.2) is 0 Å². The van der Waals surface area contributed by atoms with Crippen LogP contribution in [0.3, 0.4) is 0 Å². The van der Waals surface area contributed by atoms with Gasteiger partial charge < -0.3 is 15.1 Å². The third kappa shape index (κ3) is 2.59. The van der Waals surface area contributed by atoms with Gasteiger partial charge in [-0.2, -0.15) is 0 Å². The highest BCUT2D eigenvalue weighted by atomic mass is 16.3. The van der Waals surface area contributed by atoms with Gasteiger partial charge in [-0.15, -0.1) is 0 Å². The summed E-state index contributed by atoms with van der Waals surface area (Å²) in [6.45, 7) is 0. The van der Waals surface area contributed by atoms with Crippen LogP contribution in [0.2, 0.25) is 0 Å². The van der Waals surface area contributed by atoms with E-state index in [1.165, 1.54) is 4.90 Å². The quantitative estimate of drug-likeness (QED) is 0.750.